The zero-order valence-electron chi connectivity index (χ0n) is 15.4. The smallest absolute Gasteiger partial charge is 0.293 e. The highest BCUT2D eigenvalue weighted by molar-refractivity contribution is 9.11. The third-order valence-corrected chi connectivity index (χ3v) is 5.45. The van der Waals surface area contributed by atoms with Crippen molar-refractivity contribution in [1.29, 1.82) is 0 Å². The molecular formula is C19H12Br2N8O. The minimum Gasteiger partial charge on any atom is -0.319 e. The molecule has 0 saturated heterocycles. The van der Waals surface area contributed by atoms with Gasteiger partial charge in [-0.1, -0.05) is 22.0 Å². The standard InChI is InChI=1S/C19H12Br2N8O/c1-28-9-10(8-23-28)16-26-17-12-6-11(20)7-13(21)15(12)25-19(29(17)27-16)24-14-4-2-3-5-22-18(14)30/h2-9H,1H3,(H,22,24,25,30). The molecule has 0 atom stereocenters. The van der Waals surface area contributed by atoms with Crippen molar-refractivity contribution < 1.29 is 0 Å². The fraction of sp³-hybridized carbons (Fsp3) is 0.0526. The summed E-state index contributed by atoms with van der Waals surface area (Å²) in [5.74, 6) is 0.837. The van der Waals surface area contributed by atoms with Gasteiger partial charge in [-0.2, -0.15) is 9.61 Å². The summed E-state index contributed by atoms with van der Waals surface area (Å²) in [6.45, 7) is 0. The van der Waals surface area contributed by atoms with Gasteiger partial charge in [0.1, 0.15) is 5.69 Å². The van der Waals surface area contributed by atoms with E-state index >= 15 is 0 Å². The minimum atomic E-state index is -0.405. The molecule has 4 heterocycles. The number of hydrogen-bond acceptors (Lipinski definition) is 7. The number of anilines is 2. The molecule has 0 aliphatic carbocycles. The molecule has 0 aliphatic heterocycles. The first kappa shape index (κ1) is 18.8. The molecule has 5 aromatic rings. The molecule has 0 bridgehead atoms. The fourth-order valence-corrected chi connectivity index (χ4v) is 4.36. The number of halogens is 2. The molecule has 11 heteroatoms. The van der Waals surface area contributed by atoms with E-state index in [1.165, 1.54) is 6.20 Å². The molecule has 148 valence electrons. The van der Waals surface area contributed by atoms with Crippen LogP contribution in [0.2, 0.25) is 0 Å². The zero-order valence-corrected chi connectivity index (χ0v) is 18.6. The Morgan fingerprint density at radius 2 is 2.00 bits per heavy atom. The average Bonchev–Trinajstić information content (AvgIpc) is 3.28. The van der Waals surface area contributed by atoms with Crippen molar-refractivity contribution in [3.63, 3.8) is 0 Å². The van der Waals surface area contributed by atoms with Gasteiger partial charge >= 0.3 is 0 Å². The van der Waals surface area contributed by atoms with Crippen molar-refractivity contribution in [3.8, 4) is 11.4 Å². The zero-order chi connectivity index (χ0) is 20.8. The van der Waals surface area contributed by atoms with E-state index < -0.39 is 5.56 Å². The highest BCUT2D eigenvalue weighted by Gasteiger charge is 2.18. The first-order chi connectivity index (χ1) is 14.5. The topological polar surface area (TPSA) is 103 Å². The maximum absolute atomic E-state index is 12.3. The van der Waals surface area contributed by atoms with Gasteiger partial charge in [0.05, 0.1) is 17.3 Å². The summed E-state index contributed by atoms with van der Waals surface area (Å²) < 4.78 is 4.92. The second-order valence-electron chi connectivity index (χ2n) is 6.47. The van der Waals surface area contributed by atoms with E-state index in [0.29, 0.717) is 22.9 Å². The van der Waals surface area contributed by atoms with E-state index in [1.807, 2.05) is 25.4 Å². The molecule has 1 N–H and O–H groups in total. The molecule has 1 aromatic carbocycles. The van der Waals surface area contributed by atoms with E-state index in [1.54, 1.807) is 33.6 Å². The molecule has 30 heavy (non-hydrogen) atoms. The second kappa shape index (κ2) is 7.26. The lowest BCUT2D eigenvalue weighted by Crippen LogP contribution is -2.11. The third-order valence-electron chi connectivity index (χ3n) is 4.39. The molecule has 0 radical (unpaired) electrons. The van der Waals surface area contributed by atoms with Gasteiger partial charge in [0.25, 0.3) is 5.56 Å². The Labute approximate surface area is 186 Å². The number of benzene rings is 1. The predicted molar refractivity (Wildman–Crippen MR) is 120 cm³/mol. The normalized spacial score (nSPS) is 11.3. The summed E-state index contributed by atoms with van der Waals surface area (Å²) >= 11 is 7.08. The highest BCUT2D eigenvalue weighted by atomic mass is 79.9. The van der Waals surface area contributed by atoms with Gasteiger partial charge in [0, 0.05) is 33.8 Å². The van der Waals surface area contributed by atoms with Crippen molar-refractivity contribution >= 4 is 60.0 Å². The van der Waals surface area contributed by atoms with Crippen molar-refractivity contribution in [2.24, 2.45) is 7.05 Å². The molecule has 4 aromatic heterocycles. The van der Waals surface area contributed by atoms with Crippen LogP contribution in [0.25, 0.3) is 27.9 Å². The van der Waals surface area contributed by atoms with Gasteiger partial charge in [-0.05, 0) is 40.2 Å². The average molecular weight is 528 g/mol. The lowest BCUT2D eigenvalue weighted by atomic mass is 10.2. The van der Waals surface area contributed by atoms with Crippen LogP contribution in [-0.4, -0.2) is 34.3 Å². The van der Waals surface area contributed by atoms with E-state index in [4.69, 9.17) is 9.97 Å². The number of aromatic nitrogens is 7. The highest BCUT2D eigenvalue weighted by Crippen LogP contribution is 2.32. The SMILES string of the molecule is Cn1cc(-c2nc3c4cc(Br)cc(Br)c4nc(Nc4ccccnc4=O)n3n2)cn1. The number of nitrogens with zero attached hydrogens (tertiary/aromatic N) is 7. The van der Waals surface area contributed by atoms with Crippen LogP contribution in [0, 0.1) is 0 Å². The van der Waals surface area contributed by atoms with Crippen LogP contribution < -0.4 is 10.9 Å². The minimum absolute atomic E-state index is 0.278. The molecule has 9 nitrogen and oxygen atoms in total. The molecule has 0 saturated carbocycles. The van der Waals surface area contributed by atoms with Gasteiger partial charge in [0.15, 0.2) is 11.5 Å². The van der Waals surface area contributed by atoms with Gasteiger partial charge in [-0.15, -0.1) is 5.10 Å². The fourth-order valence-electron chi connectivity index (χ4n) is 3.05. The van der Waals surface area contributed by atoms with E-state index in [2.05, 4.69) is 52.4 Å². The van der Waals surface area contributed by atoms with Crippen LogP contribution in [0.15, 0.2) is 62.7 Å². The molecule has 0 fully saturated rings. The maximum atomic E-state index is 12.3. The summed E-state index contributed by atoms with van der Waals surface area (Å²) in [6, 6.07) is 8.88. The molecule has 0 amide bonds. The van der Waals surface area contributed by atoms with Crippen LogP contribution in [0.4, 0.5) is 11.6 Å². The van der Waals surface area contributed by atoms with Crippen LogP contribution in [-0.2, 0) is 7.05 Å². The third kappa shape index (κ3) is 3.25. The van der Waals surface area contributed by atoms with Crippen molar-refractivity contribution in [1.82, 2.24) is 34.3 Å². The summed E-state index contributed by atoms with van der Waals surface area (Å²) in [5, 5.41) is 12.7. The number of rotatable bonds is 3. The summed E-state index contributed by atoms with van der Waals surface area (Å²) in [6.07, 6.45) is 4.97. The quantitative estimate of drug-likeness (QED) is 0.381. The molecular weight excluding hydrogens is 516 g/mol. The summed E-state index contributed by atoms with van der Waals surface area (Å²) in [5.41, 5.74) is 1.91. The molecule has 5 rings (SSSR count). The van der Waals surface area contributed by atoms with Crippen LogP contribution in [0.5, 0.6) is 0 Å². The first-order valence-electron chi connectivity index (χ1n) is 8.76. The van der Waals surface area contributed by atoms with Gasteiger partial charge in [0.2, 0.25) is 5.95 Å². The first-order valence-corrected chi connectivity index (χ1v) is 10.3. The van der Waals surface area contributed by atoms with Gasteiger partial charge in [-0.3, -0.25) is 9.48 Å². The monoisotopic (exact) mass is 526 g/mol. The van der Waals surface area contributed by atoms with E-state index in [9.17, 15) is 4.79 Å². The van der Waals surface area contributed by atoms with Crippen LogP contribution in [0.3, 0.4) is 0 Å². The predicted octanol–water partition coefficient (Wildman–Crippen LogP) is 3.70. The number of aryl methyl sites for hydroxylation is 1. The van der Waals surface area contributed by atoms with Gasteiger partial charge < -0.3 is 5.32 Å². The molecule has 0 spiro atoms. The Kier molecular flexibility index (Phi) is 4.55. The molecule has 0 aliphatic rings. The Morgan fingerprint density at radius 1 is 1.13 bits per heavy atom. The largest absolute Gasteiger partial charge is 0.319 e. The Hall–Kier alpha value is -3.18. The van der Waals surface area contributed by atoms with E-state index in [0.717, 1.165) is 19.9 Å². The van der Waals surface area contributed by atoms with Crippen LogP contribution >= 0.6 is 31.9 Å². The van der Waals surface area contributed by atoms with Crippen molar-refractivity contribution in [3.05, 3.63) is 68.2 Å². The lowest BCUT2D eigenvalue weighted by Gasteiger charge is -2.09. The van der Waals surface area contributed by atoms with Gasteiger partial charge in [-0.25, -0.2) is 15.0 Å². The number of nitrogens with one attached hydrogen (secondary N) is 1. The Morgan fingerprint density at radius 3 is 2.80 bits per heavy atom. The maximum Gasteiger partial charge on any atom is 0.293 e. The van der Waals surface area contributed by atoms with E-state index in [-0.39, 0.29) is 5.69 Å². The number of fused-ring (bicyclic) bond motifs is 3. The number of hydrogen-bond donors (Lipinski definition) is 1. The van der Waals surface area contributed by atoms with Crippen LogP contribution in [0.1, 0.15) is 0 Å². The second-order valence-corrected chi connectivity index (χ2v) is 8.24. The lowest BCUT2D eigenvalue weighted by molar-refractivity contribution is 0.768. The van der Waals surface area contributed by atoms with Crippen molar-refractivity contribution in [2.45, 2.75) is 0 Å². The van der Waals surface area contributed by atoms with Crippen molar-refractivity contribution in [2.75, 3.05) is 5.32 Å². The Bertz CT molecular complexity index is 1490. The Balaban J connectivity index is 1.81. The summed E-state index contributed by atoms with van der Waals surface area (Å²) in [7, 11) is 1.83. The molecule has 0 unspecified atom stereocenters. The summed E-state index contributed by atoms with van der Waals surface area (Å²) in [4.78, 5) is 25.6.